The molecule has 0 aromatic rings. The smallest absolute Gasteiger partial charge is 0.138 e. The molecule has 1 fully saturated rings. The molecule has 1 saturated heterocycles. The number of azide groups is 1. The van der Waals surface area contributed by atoms with Gasteiger partial charge in [0.05, 0.1) is 0 Å². The van der Waals surface area contributed by atoms with Gasteiger partial charge in [-0.05, 0) is 5.53 Å². The van der Waals surface area contributed by atoms with Gasteiger partial charge in [0.1, 0.15) is 6.23 Å². The number of ether oxygens (including phenoxy) is 1. The first-order valence-electron chi connectivity index (χ1n) is 2.09. The lowest BCUT2D eigenvalue weighted by molar-refractivity contribution is -0.0451. The largest absolute Gasteiger partial charge is 0.372 e. The molecule has 1 unspecified atom stereocenters. The summed E-state index contributed by atoms with van der Waals surface area (Å²) in [6, 6.07) is 0. The van der Waals surface area contributed by atoms with E-state index in [0.29, 0.717) is 0 Å². The first kappa shape index (κ1) is 4.43. The Kier molecular flexibility index (Phi) is 1.15. The van der Waals surface area contributed by atoms with Crippen LogP contribution in [0.15, 0.2) is 5.11 Å². The van der Waals surface area contributed by atoms with E-state index in [0.717, 1.165) is 13.0 Å². The predicted molar refractivity (Wildman–Crippen MR) is 23.5 cm³/mol. The number of hydrogen-bond donors (Lipinski definition) is 0. The van der Waals surface area contributed by atoms with Gasteiger partial charge in [-0.25, -0.2) is 0 Å². The second-order valence-electron chi connectivity index (χ2n) is 1.32. The van der Waals surface area contributed by atoms with Crippen molar-refractivity contribution in [2.24, 2.45) is 5.11 Å². The first-order chi connectivity index (χ1) is 3.43. The van der Waals surface area contributed by atoms with Crippen molar-refractivity contribution in [2.45, 2.75) is 12.6 Å². The zero-order chi connectivity index (χ0) is 5.11. The molecule has 0 N–H and O–H groups in total. The molecule has 0 bridgehead atoms. The molecule has 0 amide bonds. The maximum atomic E-state index is 7.78. The minimum atomic E-state index is -0.162. The lowest BCUT2D eigenvalue weighted by Gasteiger charge is -2.20. The van der Waals surface area contributed by atoms with Gasteiger partial charge in [-0.3, -0.25) is 0 Å². The van der Waals surface area contributed by atoms with Crippen molar-refractivity contribution < 1.29 is 4.74 Å². The van der Waals surface area contributed by atoms with Crippen LogP contribution >= 0.6 is 0 Å². The number of rotatable bonds is 1. The van der Waals surface area contributed by atoms with Crippen molar-refractivity contribution in [1.82, 2.24) is 0 Å². The van der Waals surface area contributed by atoms with Gasteiger partial charge in [-0.2, -0.15) is 0 Å². The zero-order valence-corrected chi connectivity index (χ0v) is 3.74. The normalized spacial score (nSPS) is 27.7. The summed E-state index contributed by atoms with van der Waals surface area (Å²) < 4.78 is 4.75. The van der Waals surface area contributed by atoms with Gasteiger partial charge in [0.25, 0.3) is 0 Å². The Morgan fingerprint density at radius 2 is 2.57 bits per heavy atom. The Bertz CT molecular complexity index is 103. The Morgan fingerprint density at radius 1 is 1.86 bits per heavy atom. The zero-order valence-electron chi connectivity index (χ0n) is 3.74. The first-order valence-corrected chi connectivity index (χ1v) is 2.09. The highest BCUT2D eigenvalue weighted by Gasteiger charge is 2.14. The second-order valence-corrected chi connectivity index (χ2v) is 1.32. The summed E-state index contributed by atoms with van der Waals surface area (Å²) in [5.74, 6) is 0. The van der Waals surface area contributed by atoms with Gasteiger partial charge in [-0.15, -0.1) is 0 Å². The summed E-state index contributed by atoms with van der Waals surface area (Å²) in [7, 11) is 0. The highest BCUT2D eigenvalue weighted by Crippen LogP contribution is 2.10. The molecule has 4 nitrogen and oxygen atoms in total. The molecular weight excluding hydrogens is 94.1 g/mol. The lowest BCUT2D eigenvalue weighted by Crippen LogP contribution is -2.23. The monoisotopic (exact) mass is 99.0 g/mol. The standard InChI is InChI=1S/C3H5N3O/c4-6-5-3-1-2-7-3/h3H,1-2H2. The van der Waals surface area contributed by atoms with Crippen LogP contribution in [-0.4, -0.2) is 12.8 Å². The van der Waals surface area contributed by atoms with Gasteiger partial charge in [-0.1, -0.05) is 5.11 Å². The lowest BCUT2D eigenvalue weighted by atomic mass is 10.3. The van der Waals surface area contributed by atoms with Crippen molar-refractivity contribution >= 4 is 0 Å². The summed E-state index contributed by atoms with van der Waals surface area (Å²) in [5, 5.41) is 3.29. The molecule has 1 aliphatic heterocycles. The van der Waals surface area contributed by atoms with Crippen molar-refractivity contribution in [3.63, 3.8) is 0 Å². The molecule has 7 heavy (non-hydrogen) atoms. The summed E-state index contributed by atoms with van der Waals surface area (Å²) >= 11 is 0. The SMILES string of the molecule is [N-]=[N+]=NC1CCO1. The number of hydrogen-bond acceptors (Lipinski definition) is 2. The van der Waals surface area contributed by atoms with Gasteiger partial charge in [0, 0.05) is 17.9 Å². The van der Waals surface area contributed by atoms with Crippen LogP contribution in [0.3, 0.4) is 0 Å². The third kappa shape index (κ3) is 0.824. The Morgan fingerprint density at radius 3 is 2.71 bits per heavy atom. The summed E-state index contributed by atoms with van der Waals surface area (Å²) in [5.41, 5.74) is 7.78. The van der Waals surface area contributed by atoms with Gasteiger partial charge < -0.3 is 4.74 Å². The fraction of sp³-hybridized carbons (Fsp3) is 1.00. The van der Waals surface area contributed by atoms with Crippen molar-refractivity contribution in [1.29, 1.82) is 0 Å². The Balaban J connectivity index is 2.27. The fourth-order valence-corrected chi connectivity index (χ4v) is 0.372. The van der Waals surface area contributed by atoms with E-state index >= 15 is 0 Å². The van der Waals surface area contributed by atoms with Gasteiger partial charge in [0.2, 0.25) is 0 Å². The quantitative estimate of drug-likeness (QED) is 0.275. The van der Waals surface area contributed by atoms with Crippen LogP contribution in [0.4, 0.5) is 0 Å². The molecule has 1 heterocycles. The molecule has 0 aromatic heterocycles. The van der Waals surface area contributed by atoms with Crippen LogP contribution in [0.25, 0.3) is 10.4 Å². The molecular formula is C3H5N3O. The van der Waals surface area contributed by atoms with Crippen LogP contribution in [0, 0.1) is 0 Å². The molecule has 4 heteroatoms. The average Bonchev–Trinajstić information content (AvgIpc) is 1.55. The fourth-order valence-electron chi connectivity index (χ4n) is 0.372. The average molecular weight is 99.1 g/mol. The van der Waals surface area contributed by atoms with Gasteiger partial charge >= 0.3 is 0 Å². The molecule has 38 valence electrons. The van der Waals surface area contributed by atoms with E-state index in [1.807, 2.05) is 0 Å². The molecule has 1 aliphatic rings. The van der Waals surface area contributed by atoms with E-state index in [-0.39, 0.29) is 6.23 Å². The third-order valence-corrected chi connectivity index (χ3v) is 0.855. The van der Waals surface area contributed by atoms with Crippen LogP contribution in [0.5, 0.6) is 0 Å². The third-order valence-electron chi connectivity index (χ3n) is 0.855. The van der Waals surface area contributed by atoms with E-state index in [9.17, 15) is 0 Å². The minimum Gasteiger partial charge on any atom is -0.372 e. The molecule has 0 aliphatic carbocycles. The topological polar surface area (TPSA) is 58.0 Å². The van der Waals surface area contributed by atoms with Crippen molar-refractivity contribution in [3.05, 3.63) is 10.4 Å². The second kappa shape index (κ2) is 1.82. The van der Waals surface area contributed by atoms with Crippen molar-refractivity contribution in [2.75, 3.05) is 6.61 Å². The summed E-state index contributed by atoms with van der Waals surface area (Å²) in [4.78, 5) is 2.56. The highest BCUT2D eigenvalue weighted by atomic mass is 16.5. The maximum absolute atomic E-state index is 7.78. The minimum absolute atomic E-state index is 0.162. The van der Waals surface area contributed by atoms with Crippen LogP contribution in [-0.2, 0) is 4.74 Å². The molecule has 0 radical (unpaired) electrons. The van der Waals surface area contributed by atoms with Crippen molar-refractivity contribution in [3.8, 4) is 0 Å². The molecule has 0 spiro atoms. The van der Waals surface area contributed by atoms with E-state index in [1.165, 1.54) is 0 Å². The van der Waals surface area contributed by atoms with E-state index in [2.05, 4.69) is 10.0 Å². The number of nitrogens with zero attached hydrogens (tertiary/aromatic N) is 3. The molecule has 0 saturated carbocycles. The van der Waals surface area contributed by atoms with Crippen LogP contribution < -0.4 is 0 Å². The van der Waals surface area contributed by atoms with Crippen LogP contribution in [0.1, 0.15) is 6.42 Å². The van der Waals surface area contributed by atoms with Gasteiger partial charge in [0.15, 0.2) is 0 Å². The maximum Gasteiger partial charge on any atom is 0.138 e. The Labute approximate surface area is 40.7 Å². The van der Waals surface area contributed by atoms with E-state index < -0.39 is 0 Å². The van der Waals surface area contributed by atoms with Crippen LogP contribution in [0.2, 0.25) is 0 Å². The highest BCUT2D eigenvalue weighted by molar-refractivity contribution is 4.62. The Hall–Kier alpha value is -0.730. The predicted octanol–water partition coefficient (Wildman–Crippen LogP) is 1.04. The van der Waals surface area contributed by atoms with E-state index in [4.69, 9.17) is 10.3 Å². The summed E-state index contributed by atoms with van der Waals surface area (Å²) in [6.45, 7) is 0.740. The molecule has 0 aromatic carbocycles. The van der Waals surface area contributed by atoms with E-state index in [1.54, 1.807) is 0 Å². The molecule has 1 atom stereocenters. The summed E-state index contributed by atoms with van der Waals surface area (Å²) in [6.07, 6.45) is 0.717. The molecule has 1 rings (SSSR count).